The predicted octanol–water partition coefficient (Wildman–Crippen LogP) is 3.35. The molecule has 0 spiro atoms. The number of benzene rings is 1. The van der Waals surface area contributed by atoms with E-state index in [1.54, 1.807) is 0 Å². The Kier molecular flexibility index (Phi) is 4.47. The summed E-state index contributed by atoms with van der Waals surface area (Å²) in [4.78, 5) is 2.11. The predicted molar refractivity (Wildman–Crippen MR) is 68.8 cm³/mol. The average Bonchev–Trinajstić information content (AvgIpc) is 2.26. The molecular weight excluding hydrogens is 184 g/mol. The molecule has 0 heterocycles. The third-order valence-electron chi connectivity index (χ3n) is 2.74. The van der Waals surface area contributed by atoms with Gasteiger partial charge in [0.05, 0.1) is 0 Å². The van der Waals surface area contributed by atoms with E-state index >= 15 is 0 Å². The molecule has 2 heteroatoms. The Bertz CT molecular complexity index is 273. The molecule has 0 atom stereocenters. The van der Waals surface area contributed by atoms with E-state index in [0.717, 1.165) is 0 Å². The Morgan fingerprint density at radius 2 is 1.60 bits per heavy atom. The molecule has 2 nitrogen and oxygen atoms in total. The Morgan fingerprint density at radius 3 is 2.00 bits per heavy atom. The van der Waals surface area contributed by atoms with Crippen LogP contribution in [-0.4, -0.2) is 20.1 Å². The van der Waals surface area contributed by atoms with E-state index in [1.807, 2.05) is 0 Å². The van der Waals surface area contributed by atoms with Crippen LogP contribution >= 0.6 is 0 Å². The van der Waals surface area contributed by atoms with E-state index in [1.165, 1.54) is 24.2 Å². The number of hydrogen-bond donors (Lipinski definition) is 1. The molecule has 0 aliphatic heterocycles. The van der Waals surface area contributed by atoms with Crippen LogP contribution in [0.25, 0.3) is 0 Å². The fraction of sp³-hybridized carbons (Fsp3) is 0.538. The first kappa shape index (κ1) is 11.9. The zero-order valence-electron chi connectivity index (χ0n) is 10.2. The van der Waals surface area contributed by atoms with Crippen LogP contribution in [0.5, 0.6) is 0 Å². The van der Waals surface area contributed by atoms with Crippen molar-refractivity contribution in [2.75, 3.05) is 24.3 Å². The topological polar surface area (TPSA) is 15.3 Å². The number of rotatable bonds is 5. The number of anilines is 2. The molecule has 1 aromatic carbocycles. The molecule has 0 amide bonds. The smallest absolute Gasteiger partial charge is 0.0362 e. The summed E-state index contributed by atoms with van der Waals surface area (Å²) in [6.45, 7) is 4.44. The molecule has 0 saturated heterocycles. The number of nitrogens with one attached hydrogen (secondary N) is 1. The van der Waals surface area contributed by atoms with E-state index in [0.29, 0.717) is 6.04 Å². The maximum atomic E-state index is 3.53. The molecule has 1 rings (SSSR count). The van der Waals surface area contributed by atoms with Crippen LogP contribution in [0.2, 0.25) is 0 Å². The molecule has 1 N–H and O–H groups in total. The minimum absolute atomic E-state index is 0.593. The van der Waals surface area contributed by atoms with Crippen molar-refractivity contribution in [1.29, 1.82) is 0 Å². The molecule has 0 unspecified atom stereocenters. The van der Waals surface area contributed by atoms with Crippen molar-refractivity contribution in [3.63, 3.8) is 0 Å². The maximum absolute atomic E-state index is 3.53. The summed E-state index contributed by atoms with van der Waals surface area (Å²) in [5.74, 6) is 0. The second-order valence-corrected chi connectivity index (χ2v) is 4.10. The highest BCUT2D eigenvalue weighted by Gasteiger charge is 2.02. The van der Waals surface area contributed by atoms with Gasteiger partial charge in [-0.3, -0.25) is 0 Å². The molecule has 0 aromatic heterocycles. The standard InChI is InChI=1S/C13H22N2/c1-5-11(6-2)14-12-7-9-13(10-8-12)15(3)4/h7-11,14H,5-6H2,1-4H3. The summed E-state index contributed by atoms with van der Waals surface area (Å²) >= 11 is 0. The van der Waals surface area contributed by atoms with Crippen LogP contribution in [0, 0.1) is 0 Å². The monoisotopic (exact) mass is 206 g/mol. The largest absolute Gasteiger partial charge is 0.382 e. The highest BCUT2D eigenvalue weighted by molar-refractivity contribution is 5.54. The highest BCUT2D eigenvalue weighted by Crippen LogP contribution is 2.17. The van der Waals surface area contributed by atoms with Crippen molar-refractivity contribution in [2.24, 2.45) is 0 Å². The van der Waals surface area contributed by atoms with Crippen LogP contribution in [0.15, 0.2) is 24.3 Å². The minimum Gasteiger partial charge on any atom is -0.382 e. The van der Waals surface area contributed by atoms with Gasteiger partial charge in [0, 0.05) is 31.5 Å². The van der Waals surface area contributed by atoms with Crippen molar-refractivity contribution in [1.82, 2.24) is 0 Å². The molecule has 0 aliphatic rings. The van der Waals surface area contributed by atoms with Gasteiger partial charge in [0.25, 0.3) is 0 Å². The van der Waals surface area contributed by atoms with Crippen molar-refractivity contribution >= 4 is 11.4 Å². The van der Waals surface area contributed by atoms with Gasteiger partial charge < -0.3 is 10.2 Å². The Morgan fingerprint density at radius 1 is 1.07 bits per heavy atom. The molecule has 84 valence electrons. The molecule has 1 aromatic rings. The lowest BCUT2D eigenvalue weighted by Gasteiger charge is -2.17. The summed E-state index contributed by atoms with van der Waals surface area (Å²) in [5.41, 5.74) is 2.46. The molecule has 0 bridgehead atoms. The Labute approximate surface area is 93.3 Å². The summed E-state index contributed by atoms with van der Waals surface area (Å²) in [6.07, 6.45) is 2.35. The lowest BCUT2D eigenvalue weighted by Crippen LogP contribution is -2.17. The lowest BCUT2D eigenvalue weighted by molar-refractivity contribution is 0.672. The maximum Gasteiger partial charge on any atom is 0.0362 e. The SMILES string of the molecule is CCC(CC)Nc1ccc(N(C)C)cc1. The number of nitrogens with zero attached hydrogens (tertiary/aromatic N) is 1. The zero-order chi connectivity index (χ0) is 11.3. The summed E-state index contributed by atoms with van der Waals surface area (Å²) in [6, 6.07) is 9.17. The van der Waals surface area contributed by atoms with Crippen molar-refractivity contribution in [2.45, 2.75) is 32.7 Å². The summed E-state index contributed by atoms with van der Waals surface area (Å²) < 4.78 is 0. The summed E-state index contributed by atoms with van der Waals surface area (Å²) in [7, 11) is 4.12. The molecule has 0 radical (unpaired) electrons. The fourth-order valence-corrected chi connectivity index (χ4v) is 1.58. The Balaban J connectivity index is 2.63. The van der Waals surface area contributed by atoms with Gasteiger partial charge in [-0.05, 0) is 37.1 Å². The lowest BCUT2D eigenvalue weighted by atomic mass is 10.1. The van der Waals surface area contributed by atoms with E-state index in [2.05, 4.69) is 62.4 Å². The fourth-order valence-electron chi connectivity index (χ4n) is 1.58. The van der Waals surface area contributed by atoms with Gasteiger partial charge in [0.2, 0.25) is 0 Å². The molecule has 0 fully saturated rings. The second kappa shape index (κ2) is 5.64. The van der Waals surface area contributed by atoms with Gasteiger partial charge in [0.15, 0.2) is 0 Å². The van der Waals surface area contributed by atoms with E-state index in [4.69, 9.17) is 0 Å². The zero-order valence-corrected chi connectivity index (χ0v) is 10.2. The quantitative estimate of drug-likeness (QED) is 0.794. The third-order valence-corrected chi connectivity index (χ3v) is 2.74. The van der Waals surface area contributed by atoms with Gasteiger partial charge >= 0.3 is 0 Å². The van der Waals surface area contributed by atoms with E-state index in [-0.39, 0.29) is 0 Å². The van der Waals surface area contributed by atoms with Gasteiger partial charge in [-0.2, -0.15) is 0 Å². The molecule has 0 aliphatic carbocycles. The van der Waals surface area contributed by atoms with Crippen LogP contribution in [0.4, 0.5) is 11.4 Å². The van der Waals surface area contributed by atoms with Gasteiger partial charge in [-0.25, -0.2) is 0 Å². The van der Waals surface area contributed by atoms with Crippen molar-refractivity contribution < 1.29 is 0 Å². The first-order valence-electron chi connectivity index (χ1n) is 5.71. The van der Waals surface area contributed by atoms with Crippen LogP contribution in [0.3, 0.4) is 0 Å². The first-order chi connectivity index (χ1) is 7.17. The molecule has 0 saturated carbocycles. The van der Waals surface area contributed by atoms with Crippen LogP contribution < -0.4 is 10.2 Å². The van der Waals surface area contributed by atoms with Crippen LogP contribution in [-0.2, 0) is 0 Å². The van der Waals surface area contributed by atoms with Crippen molar-refractivity contribution in [3.8, 4) is 0 Å². The Hall–Kier alpha value is -1.18. The average molecular weight is 206 g/mol. The first-order valence-corrected chi connectivity index (χ1v) is 5.71. The van der Waals surface area contributed by atoms with Gasteiger partial charge in [-0.1, -0.05) is 13.8 Å². The summed E-state index contributed by atoms with van der Waals surface area (Å²) in [5, 5.41) is 3.53. The van der Waals surface area contributed by atoms with Gasteiger partial charge in [0.1, 0.15) is 0 Å². The van der Waals surface area contributed by atoms with E-state index < -0.39 is 0 Å². The third kappa shape index (κ3) is 3.46. The molecular formula is C13H22N2. The normalized spacial score (nSPS) is 10.5. The van der Waals surface area contributed by atoms with Gasteiger partial charge in [-0.15, -0.1) is 0 Å². The van der Waals surface area contributed by atoms with E-state index in [9.17, 15) is 0 Å². The highest BCUT2D eigenvalue weighted by atomic mass is 15.1. The second-order valence-electron chi connectivity index (χ2n) is 4.10. The number of hydrogen-bond acceptors (Lipinski definition) is 2. The van der Waals surface area contributed by atoms with Crippen molar-refractivity contribution in [3.05, 3.63) is 24.3 Å². The molecule has 15 heavy (non-hydrogen) atoms. The minimum atomic E-state index is 0.593. The van der Waals surface area contributed by atoms with Crippen LogP contribution in [0.1, 0.15) is 26.7 Å².